The smallest absolute Gasteiger partial charge is 0.185 e. The molecule has 1 heterocycles. The highest BCUT2D eigenvalue weighted by molar-refractivity contribution is 5.23. The van der Waals surface area contributed by atoms with E-state index in [-0.39, 0.29) is 18.0 Å². The van der Waals surface area contributed by atoms with Gasteiger partial charge in [-0.2, -0.15) is 0 Å². The summed E-state index contributed by atoms with van der Waals surface area (Å²) in [5.41, 5.74) is 1.50. The van der Waals surface area contributed by atoms with Crippen LogP contribution < -0.4 is 0 Å². The van der Waals surface area contributed by atoms with Crippen LogP contribution >= 0.6 is 0 Å². The van der Waals surface area contributed by atoms with Crippen LogP contribution in [0.4, 0.5) is 4.39 Å². The molecule has 1 fully saturated rings. The van der Waals surface area contributed by atoms with E-state index in [2.05, 4.69) is 0 Å². The van der Waals surface area contributed by atoms with Crippen LogP contribution in [0.25, 0.3) is 0 Å². The molecule has 1 aliphatic heterocycles. The maximum atomic E-state index is 13.8. The minimum Gasteiger partial charge on any atom is -0.342 e. The predicted molar refractivity (Wildman–Crippen MR) is 70.0 cm³/mol. The fourth-order valence-electron chi connectivity index (χ4n) is 2.34. The highest BCUT2D eigenvalue weighted by Crippen LogP contribution is 2.40. The number of ether oxygens (including phenoxy) is 2. The summed E-state index contributed by atoms with van der Waals surface area (Å²) in [4.78, 5) is 0. The van der Waals surface area contributed by atoms with Crippen LogP contribution in [0, 0.1) is 5.82 Å². The average molecular weight is 258 g/mol. The Morgan fingerprint density at radius 1 is 0.895 bits per heavy atom. The molecule has 3 atom stereocenters. The Hall–Kier alpha value is -1.71. The van der Waals surface area contributed by atoms with E-state index in [0.717, 1.165) is 5.56 Å². The summed E-state index contributed by atoms with van der Waals surface area (Å²) < 4.78 is 25.5. The standard InChI is InChI=1S/C16H15FO2/c1-11-15(13-9-5-6-10-14(13)17)19-16(18-11)12-7-3-2-4-8-12/h2-11,15-16H,1H3/t11-,15+,16?/m0/s1. The molecule has 0 aromatic heterocycles. The van der Waals surface area contributed by atoms with Gasteiger partial charge in [0.1, 0.15) is 11.9 Å². The molecule has 0 spiro atoms. The highest BCUT2D eigenvalue weighted by Gasteiger charge is 2.36. The van der Waals surface area contributed by atoms with Gasteiger partial charge >= 0.3 is 0 Å². The van der Waals surface area contributed by atoms with E-state index < -0.39 is 6.29 Å². The third-order valence-corrected chi connectivity index (χ3v) is 3.32. The first-order valence-corrected chi connectivity index (χ1v) is 6.36. The molecule has 0 aliphatic carbocycles. The second kappa shape index (κ2) is 5.11. The molecule has 1 unspecified atom stereocenters. The lowest BCUT2D eigenvalue weighted by atomic mass is 10.1. The zero-order valence-electron chi connectivity index (χ0n) is 10.6. The fourth-order valence-corrected chi connectivity index (χ4v) is 2.34. The Morgan fingerprint density at radius 2 is 1.58 bits per heavy atom. The summed E-state index contributed by atoms with van der Waals surface area (Å²) in [6.07, 6.45) is -0.977. The lowest BCUT2D eigenvalue weighted by Gasteiger charge is -2.13. The van der Waals surface area contributed by atoms with Crippen LogP contribution in [-0.4, -0.2) is 6.10 Å². The third-order valence-electron chi connectivity index (χ3n) is 3.32. The van der Waals surface area contributed by atoms with E-state index in [0.29, 0.717) is 5.56 Å². The second-order valence-electron chi connectivity index (χ2n) is 4.66. The topological polar surface area (TPSA) is 18.5 Å². The molecule has 1 saturated heterocycles. The third kappa shape index (κ3) is 2.39. The largest absolute Gasteiger partial charge is 0.342 e. The SMILES string of the molecule is C[C@@H]1OC(c2ccccc2)O[C@H]1c1ccccc1F. The molecule has 0 N–H and O–H groups in total. The fraction of sp³-hybridized carbons (Fsp3) is 0.250. The van der Waals surface area contributed by atoms with Crippen molar-refractivity contribution in [1.82, 2.24) is 0 Å². The number of hydrogen-bond acceptors (Lipinski definition) is 2. The summed E-state index contributed by atoms with van der Waals surface area (Å²) in [5.74, 6) is -0.253. The highest BCUT2D eigenvalue weighted by atomic mass is 19.1. The van der Waals surface area contributed by atoms with Crippen molar-refractivity contribution in [3.05, 3.63) is 71.5 Å². The van der Waals surface area contributed by atoms with Crippen molar-refractivity contribution in [1.29, 1.82) is 0 Å². The van der Waals surface area contributed by atoms with Gasteiger partial charge in [-0.15, -0.1) is 0 Å². The van der Waals surface area contributed by atoms with E-state index in [1.54, 1.807) is 12.1 Å². The molecule has 19 heavy (non-hydrogen) atoms. The van der Waals surface area contributed by atoms with Gasteiger partial charge in [0, 0.05) is 11.1 Å². The Kier molecular flexibility index (Phi) is 3.32. The van der Waals surface area contributed by atoms with E-state index in [9.17, 15) is 4.39 Å². The van der Waals surface area contributed by atoms with Crippen molar-refractivity contribution in [2.45, 2.75) is 25.4 Å². The lowest BCUT2D eigenvalue weighted by molar-refractivity contribution is -0.0679. The molecular weight excluding hydrogens is 243 g/mol. The Labute approximate surface area is 111 Å². The monoisotopic (exact) mass is 258 g/mol. The van der Waals surface area contributed by atoms with Crippen LogP contribution in [0.2, 0.25) is 0 Å². The first kappa shape index (κ1) is 12.3. The molecule has 1 aliphatic rings. The summed E-state index contributed by atoms with van der Waals surface area (Å²) in [6.45, 7) is 1.90. The van der Waals surface area contributed by atoms with E-state index in [1.165, 1.54) is 6.07 Å². The summed E-state index contributed by atoms with van der Waals surface area (Å²) in [5, 5.41) is 0. The number of rotatable bonds is 2. The average Bonchev–Trinajstić information content (AvgIpc) is 2.82. The molecule has 0 saturated carbocycles. The molecular formula is C16H15FO2. The Bertz CT molecular complexity index is 556. The molecule has 2 aromatic rings. The maximum Gasteiger partial charge on any atom is 0.185 e. The van der Waals surface area contributed by atoms with Gasteiger partial charge in [0.15, 0.2) is 6.29 Å². The van der Waals surface area contributed by atoms with Crippen LogP contribution in [0.3, 0.4) is 0 Å². The zero-order chi connectivity index (χ0) is 13.2. The summed E-state index contributed by atoms with van der Waals surface area (Å²) >= 11 is 0. The maximum absolute atomic E-state index is 13.8. The molecule has 0 bridgehead atoms. The lowest BCUT2D eigenvalue weighted by Crippen LogP contribution is -2.11. The summed E-state index contributed by atoms with van der Waals surface area (Å²) in [6, 6.07) is 16.4. The normalized spacial score (nSPS) is 26.5. The van der Waals surface area contributed by atoms with Gasteiger partial charge in [-0.05, 0) is 13.0 Å². The molecule has 3 rings (SSSR count). The minimum atomic E-state index is -0.430. The van der Waals surface area contributed by atoms with Crippen molar-refractivity contribution < 1.29 is 13.9 Å². The van der Waals surface area contributed by atoms with Crippen molar-refractivity contribution in [2.75, 3.05) is 0 Å². The van der Waals surface area contributed by atoms with Crippen LogP contribution in [0.15, 0.2) is 54.6 Å². The van der Waals surface area contributed by atoms with Crippen molar-refractivity contribution in [2.24, 2.45) is 0 Å². The van der Waals surface area contributed by atoms with Gasteiger partial charge < -0.3 is 9.47 Å². The number of hydrogen-bond donors (Lipinski definition) is 0. The van der Waals surface area contributed by atoms with Crippen molar-refractivity contribution in [3.8, 4) is 0 Å². The number of halogens is 1. The van der Waals surface area contributed by atoms with Gasteiger partial charge in [0.2, 0.25) is 0 Å². The van der Waals surface area contributed by atoms with E-state index >= 15 is 0 Å². The van der Waals surface area contributed by atoms with Gasteiger partial charge in [0.05, 0.1) is 6.10 Å². The molecule has 3 heteroatoms. The predicted octanol–water partition coefficient (Wildman–Crippen LogP) is 4.00. The Balaban J connectivity index is 1.85. The van der Waals surface area contributed by atoms with Crippen LogP contribution in [-0.2, 0) is 9.47 Å². The first-order valence-electron chi connectivity index (χ1n) is 6.36. The van der Waals surface area contributed by atoms with E-state index in [4.69, 9.17) is 9.47 Å². The van der Waals surface area contributed by atoms with Gasteiger partial charge in [0.25, 0.3) is 0 Å². The molecule has 2 nitrogen and oxygen atoms in total. The number of benzene rings is 2. The van der Waals surface area contributed by atoms with Crippen LogP contribution in [0.1, 0.15) is 30.4 Å². The Morgan fingerprint density at radius 3 is 2.32 bits per heavy atom. The quantitative estimate of drug-likeness (QED) is 0.810. The summed E-state index contributed by atoms with van der Waals surface area (Å²) in [7, 11) is 0. The first-order chi connectivity index (χ1) is 9.25. The molecule has 0 radical (unpaired) electrons. The molecule has 0 amide bonds. The minimum absolute atomic E-state index is 0.179. The van der Waals surface area contributed by atoms with Crippen molar-refractivity contribution in [3.63, 3.8) is 0 Å². The van der Waals surface area contributed by atoms with Gasteiger partial charge in [-0.1, -0.05) is 48.5 Å². The molecule has 98 valence electrons. The van der Waals surface area contributed by atoms with Crippen LogP contribution in [0.5, 0.6) is 0 Å². The second-order valence-corrected chi connectivity index (χ2v) is 4.66. The van der Waals surface area contributed by atoms with E-state index in [1.807, 2.05) is 43.3 Å². The molecule has 2 aromatic carbocycles. The zero-order valence-corrected chi connectivity index (χ0v) is 10.6. The van der Waals surface area contributed by atoms with Gasteiger partial charge in [-0.3, -0.25) is 0 Å². The van der Waals surface area contributed by atoms with Crippen molar-refractivity contribution >= 4 is 0 Å². The van der Waals surface area contributed by atoms with Gasteiger partial charge in [-0.25, -0.2) is 4.39 Å².